The van der Waals surface area contributed by atoms with Crippen LogP contribution in [0.5, 0.6) is 0 Å². The Labute approximate surface area is 406 Å². The Bertz CT molecular complexity index is 4140. The molecule has 5 nitrogen and oxygen atoms in total. The fraction of sp³-hybridized carbons (Fsp3) is 0.123. The van der Waals surface area contributed by atoms with Crippen LogP contribution in [0.25, 0.3) is 94.5 Å². The van der Waals surface area contributed by atoms with Crippen molar-refractivity contribution in [2.24, 2.45) is 4.99 Å². The van der Waals surface area contributed by atoms with Crippen LogP contribution in [0, 0.1) is 0 Å². The summed E-state index contributed by atoms with van der Waals surface area (Å²) >= 11 is 0. The van der Waals surface area contributed by atoms with Gasteiger partial charge in [-0.2, -0.15) is 0 Å². The minimum atomic E-state index is -0.355. The summed E-state index contributed by atoms with van der Waals surface area (Å²) in [5.74, 6) is 0.884. The Hall–Kier alpha value is -8.25. The fourth-order valence-corrected chi connectivity index (χ4v) is 12.5. The first kappa shape index (κ1) is 39.7. The number of aryl methyl sites for hydroxylation is 1. The lowest BCUT2D eigenvalue weighted by Crippen LogP contribution is -2.45. The maximum Gasteiger partial charge on any atom is 0.131 e. The highest BCUT2D eigenvalue weighted by molar-refractivity contribution is 6.13. The van der Waals surface area contributed by atoms with Gasteiger partial charge in [0.15, 0.2) is 0 Å². The van der Waals surface area contributed by atoms with Crippen LogP contribution in [0.1, 0.15) is 81.9 Å². The lowest BCUT2D eigenvalue weighted by atomic mass is 9.91. The van der Waals surface area contributed by atoms with Crippen LogP contribution in [0.15, 0.2) is 187 Å². The zero-order chi connectivity index (χ0) is 45.9. The number of fused-ring (bicyclic) bond motifs is 13. The van der Waals surface area contributed by atoms with Gasteiger partial charge in [0.05, 0.1) is 16.7 Å². The number of allylic oxidation sites excluding steroid dienone is 3. The second-order valence-corrected chi connectivity index (χ2v) is 19.6. The molecule has 0 saturated heterocycles. The zero-order valence-corrected chi connectivity index (χ0v) is 38.8. The number of rotatable bonds is 5. The van der Waals surface area contributed by atoms with E-state index in [4.69, 9.17) is 4.99 Å². The van der Waals surface area contributed by atoms with Gasteiger partial charge in [-0.3, -0.25) is 5.32 Å². The summed E-state index contributed by atoms with van der Waals surface area (Å²) in [5.41, 5.74) is 16.7. The molecule has 334 valence electrons. The normalized spacial score (nSPS) is 17.5. The number of benzene rings is 9. The van der Waals surface area contributed by atoms with Crippen molar-refractivity contribution in [1.82, 2.24) is 19.8 Å². The molecule has 4 aliphatic rings. The van der Waals surface area contributed by atoms with Crippen LogP contribution in [-0.2, 0) is 19.3 Å². The molecular formula is C65H49N5. The van der Waals surface area contributed by atoms with Crippen molar-refractivity contribution in [3.05, 3.63) is 232 Å². The highest BCUT2D eigenvalue weighted by Gasteiger charge is 2.33. The largest absolute Gasteiger partial charge is 0.350 e. The molecule has 3 heterocycles. The van der Waals surface area contributed by atoms with E-state index in [1.165, 1.54) is 121 Å². The predicted octanol–water partition coefficient (Wildman–Crippen LogP) is 15.4. The topological polar surface area (TPSA) is 46.3 Å². The predicted molar refractivity (Wildman–Crippen MR) is 294 cm³/mol. The van der Waals surface area contributed by atoms with Gasteiger partial charge in [0.2, 0.25) is 0 Å². The van der Waals surface area contributed by atoms with Crippen LogP contribution >= 0.6 is 0 Å². The molecule has 70 heavy (non-hydrogen) atoms. The summed E-state index contributed by atoms with van der Waals surface area (Å²) < 4.78 is 5.32. The van der Waals surface area contributed by atoms with E-state index in [0.29, 0.717) is 0 Å². The molecule has 9 aromatic carbocycles. The van der Waals surface area contributed by atoms with E-state index in [9.17, 15) is 0 Å². The van der Waals surface area contributed by atoms with Gasteiger partial charge < -0.3 is 14.5 Å². The summed E-state index contributed by atoms with van der Waals surface area (Å²) in [5, 5.41) is 20.7. The van der Waals surface area contributed by atoms with Crippen molar-refractivity contribution in [3.8, 4) is 5.69 Å². The number of aromatic nitrogens is 2. The highest BCUT2D eigenvalue weighted by Crippen LogP contribution is 2.46. The van der Waals surface area contributed by atoms with Gasteiger partial charge in [-0.05, 0) is 112 Å². The second-order valence-electron chi connectivity index (χ2n) is 19.6. The SMILES string of the molecule is C1=Cc2c(ccc(C3N=C(c4ccccc4)NC(c4ccc5c(ccc6ccccc65)c4)N3)c2-n2c3c(c4cc5ccccc5cc42)C=C(n2c4c(c5ccc6ccccc6c52)C=CCC4)CC3)CC1. The van der Waals surface area contributed by atoms with E-state index in [1.807, 2.05) is 0 Å². The molecule has 0 bridgehead atoms. The maximum atomic E-state index is 5.64. The lowest BCUT2D eigenvalue weighted by Gasteiger charge is -2.34. The molecule has 1 aliphatic heterocycles. The van der Waals surface area contributed by atoms with Crippen molar-refractivity contribution in [2.75, 3.05) is 0 Å². The Morgan fingerprint density at radius 2 is 1.17 bits per heavy atom. The van der Waals surface area contributed by atoms with E-state index in [-0.39, 0.29) is 12.3 Å². The van der Waals surface area contributed by atoms with E-state index in [2.05, 4.69) is 220 Å². The second kappa shape index (κ2) is 15.6. The van der Waals surface area contributed by atoms with E-state index in [1.54, 1.807) is 0 Å². The molecule has 2 unspecified atom stereocenters. The average molecular weight is 900 g/mol. The van der Waals surface area contributed by atoms with E-state index in [0.717, 1.165) is 49.9 Å². The zero-order valence-electron chi connectivity index (χ0n) is 38.8. The quantitative estimate of drug-likeness (QED) is 0.169. The molecule has 0 fully saturated rings. The van der Waals surface area contributed by atoms with Gasteiger partial charge in [0, 0.05) is 61.1 Å². The Balaban J connectivity index is 0.958. The molecule has 5 heteroatoms. The highest BCUT2D eigenvalue weighted by atomic mass is 15.3. The van der Waals surface area contributed by atoms with Crippen LogP contribution in [0.3, 0.4) is 0 Å². The lowest BCUT2D eigenvalue weighted by molar-refractivity contribution is 0.408. The molecule has 2 aromatic heterocycles. The standard InChI is InChI=1S/C65H49N5/c1-2-17-43(18-3-1)63-66-64(47-30-32-50-46(36-47)27-26-40-14-6-9-21-49(40)50)68-65(67-63)55-34-29-42-16-8-11-23-52(42)62(55)70-59-35-31-48(39-57(59)56-37-44-19-4-5-20-45(44)38-60(56)70)69-58-25-13-12-24-53(58)54-33-28-41-15-7-10-22-51(41)61(54)69/h1-7,9-12,14-15,17-24,26-30,32-34,36-39,64-65,68H,8,13,16,25,31,35H2,(H,66,67). The van der Waals surface area contributed by atoms with E-state index < -0.39 is 0 Å². The number of nitrogens with one attached hydrogen (secondary N) is 2. The fourth-order valence-electron chi connectivity index (χ4n) is 12.5. The summed E-state index contributed by atoms with van der Waals surface area (Å²) in [6.45, 7) is 0. The Kier molecular flexibility index (Phi) is 8.87. The summed E-state index contributed by atoms with van der Waals surface area (Å²) in [6.07, 6.45) is 17.5. The van der Waals surface area contributed by atoms with Gasteiger partial charge in [-0.15, -0.1) is 0 Å². The summed E-state index contributed by atoms with van der Waals surface area (Å²) in [4.78, 5) is 5.64. The van der Waals surface area contributed by atoms with Crippen molar-refractivity contribution >= 4 is 94.7 Å². The van der Waals surface area contributed by atoms with Gasteiger partial charge in [0.1, 0.15) is 18.2 Å². The first-order valence-corrected chi connectivity index (χ1v) is 25.1. The molecule has 2 atom stereocenters. The van der Waals surface area contributed by atoms with Gasteiger partial charge in [-0.1, -0.05) is 176 Å². The van der Waals surface area contributed by atoms with Crippen LogP contribution < -0.4 is 10.6 Å². The molecule has 2 N–H and O–H groups in total. The average Bonchev–Trinajstić information content (AvgIpc) is 3.94. The third-order valence-electron chi connectivity index (χ3n) is 15.8. The number of hydrogen-bond acceptors (Lipinski definition) is 3. The number of nitrogens with zero attached hydrogens (tertiary/aromatic N) is 3. The first-order valence-electron chi connectivity index (χ1n) is 25.1. The third kappa shape index (κ3) is 6.11. The molecular weight excluding hydrogens is 851 g/mol. The van der Waals surface area contributed by atoms with Crippen molar-refractivity contribution in [3.63, 3.8) is 0 Å². The minimum absolute atomic E-state index is 0.203. The molecule has 15 rings (SSSR count). The first-order chi connectivity index (χ1) is 34.7. The van der Waals surface area contributed by atoms with E-state index >= 15 is 0 Å². The molecule has 0 spiro atoms. The van der Waals surface area contributed by atoms with Gasteiger partial charge in [0.25, 0.3) is 0 Å². The number of aliphatic imine (C=N–C) groups is 1. The third-order valence-corrected chi connectivity index (χ3v) is 15.8. The van der Waals surface area contributed by atoms with Crippen molar-refractivity contribution in [1.29, 1.82) is 0 Å². The van der Waals surface area contributed by atoms with Crippen molar-refractivity contribution in [2.45, 2.75) is 50.9 Å². The molecule has 0 radical (unpaired) electrons. The minimum Gasteiger partial charge on any atom is -0.350 e. The Morgan fingerprint density at radius 3 is 2.04 bits per heavy atom. The van der Waals surface area contributed by atoms with Gasteiger partial charge >= 0.3 is 0 Å². The smallest absolute Gasteiger partial charge is 0.131 e. The van der Waals surface area contributed by atoms with Crippen molar-refractivity contribution < 1.29 is 0 Å². The monoisotopic (exact) mass is 899 g/mol. The summed E-state index contributed by atoms with van der Waals surface area (Å²) in [7, 11) is 0. The molecule has 3 aliphatic carbocycles. The molecule has 0 amide bonds. The number of amidine groups is 1. The Morgan fingerprint density at radius 1 is 0.486 bits per heavy atom. The maximum absolute atomic E-state index is 5.64. The number of hydrogen-bond donors (Lipinski definition) is 2. The summed E-state index contributed by atoms with van der Waals surface area (Å²) in [6, 6.07) is 62.9. The molecule has 11 aromatic rings. The van der Waals surface area contributed by atoms with Gasteiger partial charge in [-0.25, -0.2) is 4.99 Å². The van der Waals surface area contributed by atoms with Crippen LogP contribution in [-0.4, -0.2) is 15.0 Å². The van der Waals surface area contributed by atoms with Crippen LogP contribution in [0.4, 0.5) is 0 Å². The molecule has 0 saturated carbocycles. The van der Waals surface area contributed by atoms with Crippen LogP contribution in [0.2, 0.25) is 0 Å².